The SMILES string of the molecule is CCN1C(=O)CC(Nc2ccc3c(c2)CCC3)C1=O. The standard InChI is InChI=1S/C15H18N2O2/c1-2-17-14(18)9-13(15(17)19)16-12-7-6-10-4-3-5-11(10)8-12/h6-8,13,16H,2-5,9H2,1H3. The topological polar surface area (TPSA) is 49.4 Å². The van der Waals surface area contributed by atoms with Crippen molar-refractivity contribution in [1.29, 1.82) is 0 Å². The summed E-state index contributed by atoms with van der Waals surface area (Å²) in [6.45, 7) is 2.29. The molecule has 0 spiro atoms. The van der Waals surface area contributed by atoms with Crippen molar-refractivity contribution in [1.82, 2.24) is 4.90 Å². The first-order valence-corrected chi connectivity index (χ1v) is 6.91. The Labute approximate surface area is 112 Å². The highest BCUT2D eigenvalue weighted by molar-refractivity contribution is 6.06. The Morgan fingerprint density at radius 1 is 1.26 bits per heavy atom. The van der Waals surface area contributed by atoms with E-state index in [2.05, 4.69) is 17.4 Å². The number of carbonyl (C=O) groups is 2. The smallest absolute Gasteiger partial charge is 0.252 e. The van der Waals surface area contributed by atoms with Gasteiger partial charge in [-0.3, -0.25) is 14.5 Å². The molecule has 1 unspecified atom stereocenters. The number of nitrogens with zero attached hydrogens (tertiary/aromatic N) is 1. The average molecular weight is 258 g/mol. The van der Waals surface area contributed by atoms with Gasteiger partial charge < -0.3 is 5.32 Å². The number of likely N-dealkylation sites (N-methyl/N-ethyl adjacent to an activating group) is 1. The highest BCUT2D eigenvalue weighted by Crippen LogP contribution is 2.26. The molecule has 1 aliphatic heterocycles. The number of amides is 2. The van der Waals surface area contributed by atoms with Gasteiger partial charge in [-0.15, -0.1) is 0 Å². The fourth-order valence-corrected chi connectivity index (χ4v) is 2.99. The molecule has 0 radical (unpaired) electrons. The van der Waals surface area contributed by atoms with Crippen molar-refractivity contribution in [3.05, 3.63) is 29.3 Å². The molecule has 2 amide bonds. The lowest BCUT2D eigenvalue weighted by Gasteiger charge is -2.14. The third-order valence-electron chi connectivity index (χ3n) is 4.00. The summed E-state index contributed by atoms with van der Waals surface area (Å²) in [5.74, 6) is -0.181. The quantitative estimate of drug-likeness (QED) is 0.840. The summed E-state index contributed by atoms with van der Waals surface area (Å²) in [6, 6.07) is 5.86. The monoisotopic (exact) mass is 258 g/mol. The van der Waals surface area contributed by atoms with Crippen LogP contribution in [-0.4, -0.2) is 29.3 Å². The Kier molecular flexibility index (Phi) is 3.01. The summed E-state index contributed by atoms with van der Waals surface area (Å²) in [5, 5.41) is 3.20. The first kappa shape index (κ1) is 12.2. The number of anilines is 1. The van der Waals surface area contributed by atoms with Gasteiger partial charge in [0.15, 0.2) is 0 Å². The minimum Gasteiger partial charge on any atom is -0.373 e. The van der Waals surface area contributed by atoms with E-state index in [9.17, 15) is 9.59 Å². The summed E-state index contributed by atoms with van der Waals surface area (Å²) in [5.41, 5.74) is 3.73. The normalized spacial score (nSPS) is 21.9. The molecule has 3 rings (SSSR count). The van der Waals surface area contributed by atoms with Crippen molar-refractivity contribution < 1.29 is 9.59 Å². The Morgan fingerprint density at radius 2 is 2.05 bits per heavy atom. The Morgan fingerprint density at radius 3 is 2.79 bits per heavy atom. The molecule has 1 fully saturated rings. The molecule has 0 aromatic heterocycles. The zero-order valence-corrected chi connectivity index (χ0v) is 11.1. The van der Waals surface area contributed by atoms with Crippen LogP contribution in [0.2, 0.25) is 0 Å². The molecule has 1 saturated heterocycles. The first-order chi connectivity index (χ1) is 9.19. The predicted molar refractivity (Wildman–Crippen MR) is 72.9 cm³/mol. The fraction of sp³-hybridized carbons (Fsp3) is 0.467. The molecule has 1 aromatic rings. The number of likely N-dealkylation sites (tertiary alicyclic amines) is 1. The number of aryl methyl sites for hydroxylation is 2. The van der Waals surface area contributed by atoms with E-state index in [0.29, 0.717) is 6.54 Å². The number of benzene rings is 1. The first-order valence-electron chi connectivity index (χ1n) is 6.91. The lowest BCUT2D eigenvalue weighted by atomic mass is 10.1. The summed E-state index contributed by atoms with van der Waals surface area (Å²) in [6.07, 6.45) is 3.75. The molecular weight excluding hydrogens is 240 g/mol. The predicted octanol–water partition coefficient (Wildman–Crippen LogP) is 1.73. The van der Waals surface area contributed by atoms with E-state index < -0.39 is 6.04 Å². The van der Waals surface area contributed by atoms with Gasteiger partial charge in [0.2, 0.25) is 5.91 Å². The van der Waals surface area contributed by atoms with Crippen molar-refractivity contribution in [2.75, 3.05) is 11.9 Å². The molecule has 4 heteroatoms. The van der Waals surface area contributed by atoms with Gasteiger partial charge in [0.05, 0.1) is 6.42 Å². The number of imide groups is 1. The Hall–Kier alpha value is -1.84. The third-order valence-corrected chi connectivity index (χ3v) is 4.00. The van der Waals surface area contributed by atoms with Crippen LogP contribution in [0.15, 0.2) is 18.2 Å². The molecule has 2 aliphatic rings. The van der Waals surface area contributed by atoms with Gasteiger partial charge in [0.1, 0.15) is 6.04 Å². The maximum atomic E-state index is 12.0. The molecule has 1 N–H and O–H groups in total. The Balaban J connectivity index is 1.75. The molecule has 0 saturated carbocycles. The number of rotatable bonds is 3. The van der Waals surface area contributed by atoms with Crippen molar-refractivity contribution in [3.63, 3.8) is 0 Å². The molecule has 100 valence electrons. The maximum Gasteiger partial charge on any atom is 0.252 e. The van der Waals surface area contributed by atoms with Crippen molar-refractivity contribution >= 4 is 17.5 Å². The number of carbonyl (C=O) groups excluding carboxylic acids is 2. The van der Waals surface area contributed by atoms with Crippen LogP contribution < -0.4 is 5.32 Å². The van der Waals surface area contributed by atoms with E-state index in [-0.39, 0.29) is 18.2 Å². The lowest BCUT2D eigenvalue weighted by Crippen LogP contribution is -2.34. The summed E-state index contributed by atoms with van der Waals surface area (Å²) in [7, 11) is 0. The van der Waals surface area contributed by atoms with E-state index in [1.807, 2.05) is 13.0 Å². The largest absolute Gasteiger partial charge is 0.373 e. The summed E-state index contributed by atoms with van der Waals surface area (Å²) >= 11 is 0. The van der Waals surface area contributed by atoms with Crippen molar-refractivity contribution in [3.8, 4) is 0 Å². The van der Waals surface area contributed by atoms with Crippen LogP contribution in [0.4, 0.5) is 5.69 Å². The van der Waals surface area contributed by atoms with Gasteiger partial charge in [-0.1, -0.05) is 6.07 Å². The number of hydrogen-bond acceptors (Lipinski definition) is 3. The highest BCUT2D eigenvalue weighted by atomic mass is 16.2. The molecule has 0 bridgehead atoms. The van der Waals surface area contributed by atoms with Crippen LogP contribution in [0, 0.1) is 0 Å². The average Bonchev–Trinajstić information content (AvgIpc) is 2.95. The van der Waals surface area contributed by atoms with Gasteiger partial charge in [0, 0.05) is 12.2 Å². The molecule has 4 nitrogen and oxygen atoms in total. The van der Waals surface area contributed by atoms with E-state index in [1.165, 1.54) is 22.4 Å². The molecule has 1 aromatic carbocycles. The lowest BCUT2D eigenvalue weighted by molar-refractivity contribution is -0.138. The minimum absolute atomic E-state index is 0.0776. The third kappa shape index (κ3) is 2.11. The Bertz CT molecular complexity index is 539. The molecule has 1 heterocycles. The van der Waals surface area contributed by atoms with Crippen molar-refractivity contribution in [2.24, 2.45) is 0 Å². The zero-order chi connectivity index (χ0) is 13.4. The maximum absolute atomic E-state index is 12.0. The fourth-order valence-electron chi connectivity index (χ4n) is 2.99. The van der Waals surface area contributed by atoms with E-state index in [4.69, 9.17) is 0 Å². The molecular formula is C15H18N2O2. The zero-order valence-electron chi connectivity index (χ0n) is 11.1. The van der Waals surface area contributed by atoms with Crippen molar-refractivity contribution in [2.45, 2.75) is 38.6 Å². The highest BCUT2D eigenvalue weighted by Gasteiger charge is 2.37. The second-order valence-electron chi connectivity index (χ2n) is 5.21. The van der Waals surface area contributed by atoms with Gasteiger partial charge >= 0.3 is 0 Å². The van der Waals surface area contributed by atoms with Gasteiger partial charge in [-0.05, 0) is 49.4 Å². The summed E-state index contributed by atoms with van der Waals surface area (Å²) < 4.78 is 0. The van der Waals surface area contributed by atoms with Crippen LogP contribution in [0.3, 0.4) is 0 Å². The second kappa shape index (κ2) is 4.68. The van der Waals surface area contributed by atoms with E-state index in [0.717, 1.165) is 18.5 Å². The second-order valence-corrected chi connectivity index (χ2v) is 5.21. The van der Waals surface area contributed by atoms with Crippen LogP contribution in [0.5, 0.6) is 0 Å². The van der Waals surface area contributed by atoms with E-state index >= 15 is 0 Å². The van der Waals surface area contributed by atoms with Crippen LogP contribution >= 0.6 is 0 Å². The summed E-state index contributed by atoms with van der Waals surface area (Å²) in [4.78, 5) is 25.0. The van der Waals surface area contributed by atoms with Gasteiger partial charge in [-0.25, -0.2) is 0 Å². The van der Waals surface area contributed by atoms with Crippen LogP contribution in [-0.2, 0) is 22.4 Å². The number of fused-ring (bicyclic) bond motifs is 1. The minimum atomic E-state index is -0.396. The van der Waals surface area contributed by atoms with Gasteiger partial charge in [0.25, 0.3) is 5.91 Å². The number of hydrogen-bond donors (Lipinski definition) is 1. The van der Waals surface area contributed by atoms with Crippen LogP contribution in [0.1, 0.15) is 30.9 Å². The molecule has 1 atom stereocenters. The van der Waals surface area contributed by atoms with Gasteiger partial charge in [-0.2, -0.15) is 0 Å². The van der Waals surface area contributed by atoms with Crippen LogP contribution in [0.25, 0.3) is 0 Å². The number of nitrogens with one attached hydrogen (secondary N) is 1. The molecule has 19 heavy (non-hydrogen) atoms. The molecule has 1 aliphatic carbocycles. The van der Waals surface area contributed by atoms with E-state index in [1.54, 1.807) is 0 Å².